The number of aromatic amines is 1. The van der Waals surface area contributed by atoms with E-state index in [-0.39, 0.29) is 24.7 Å². The highest BCUT2D eigenvalue weighted by Gasteiger charge is 2.25. The molecule has 0 fully saturated rings. The fourth-order valence-corrected chi connectivity index (χ4v) is 3.61. The van der Waals surface area contributed by atoms with Crippen LogP contribution in [0.3, 0.4) is 0 Å². The van der Waals surface area contributed by atoms with E-state index in [1.54, 1.807) is 0 Å². The normalized spacial score (nSPS) is 10.9. The van der Waals surface area contributed by atoms with Gasteiger partial charge in [0.2, 0.25) is 0 Å². The fourth-order valence-electron chi connectivity index (χ4n) is 3.61. The first-order chi connectivity index (χ1) is 16.3. The second kappa shape index (κ2) is 11.4. The number of hydrogen-bond donors (Lipinski definition) is 2. The number of aromatic nitrogens is 2. The predicted octanol–water partition coefficient (Wildman–Crippen LogP) is 3.65. The minimum Gasteiger partial charge on any atom is -0.484 e. The molecule has 0 saturated heterocycles. The minimum atomic E-state index is -0.708. The molecule has 34 heavy (non-hydrogen) atoms. The van der Waals surface area contributed by atoms with E-state index in [0.717, 1.165) is 17.5 Å². The van der Waals surface area contributed by atoms with Crippen LogP contribution in [-0.4, -0.2) is 22.1 Å². The van der Waals surface area contributed by atoms with Crippen molar-refractivity contribution in [1.29, 1.82) is 0 Å². The van der Waals surface area contributed by atoms with Gasteiger partial charge in [0.25, 0.3) is 11.5 Å². The molecule has 3 aromatic rings. The molecule has 0 saturated carbocycles. The van der Waals surface area contributed by atoms with Gasteiger partial charge in [0.05, 0.1) is 6.54 Å². The van der Waals surface area contributed by atoms with E-state index < -0.39 is 17.2 Å². The van der Waals surface area contributed by atoms with Gasteiger partial charge in [0.15, 0.2) is 12.3 Å². The van der Waals surface area contributed by atoms with Crippen molar-refractivity contribution < 1.29 is 9.53 Å². The summed E-state index contributed by atoms with van der Waals surface area (Å²) in [6, 6.07) is 16.8. The molecule has 0 radical (unpaired) electrons. The smallest absolute Gasteiger partial charge is 0.330 e. The molecule has 8 heteroatoms. The number of nitrogen functional groups attached to an aromatic ring is 1. The van der Waals surface area contributed by atoms with Crippen molar-refractivity contribution in [1.82, 2.24) is 9.55 Å². The van der Waals surface area contributed by atoms with Crippen LogP contribution in [0.25, 0.3) is 0 Å². The van der Waals surface area contributed by atoms with E-state index in [1.165, 1.54) is 9.47 Å². The lowest BCUT2D eigenvalue weighted by atomic mass is 10.0. The summed E-state index contributed by atoms with van der Waals surface area (Å²) in [5, 5.41) is 0. The number of nitrogens with one attached hydrogen (secondary N) is 1. The Bertz CT molecular complexity index is 1210. The molecule has 0 unspecified atom stereocenters. The quantitative estimate of drug-likeness (QED) is 0.476. The maximum Gasteiger partial charge on any atom is 0.330 e. The SMILES string of the molecule is CCCCn1c(N)c(N(Cc2ccccc2)C(=O)COc2ccc(C(C)C)cc2)c(=O)[nH]c1=O. The predicted molar refractivity (Wildman–Crippen MR) is 134 cm³/mol. The number of unbranched alkanes of at least 4 members (excludes halogenated alkanes) is 1. The van der Waals surface area contributed by atoms with E-state index in [1.807, 2.05) is 61.5 Å². The summed E-state index contributed by atoms with van der Waals surface area (Å²) >= 11 is 0. The van der Waals surface area contributed by atoms with Gasteiger partial charge in [-0.2, -0.15) is 0 Å². The van der Waals surface area contributed by atoms with Gasteiger partial charge in [-0.15, -0.1) is 0 Å². The van der Waals surface area contributed by atoms with Gasteiger partial charge in [-0.05, 0) is 35.6 Å². The highest BCUT2D eigenvalue weighted by Crippen LogP contribution is 2.22. The summed E-state index contributed by atoms with van der Waals surface area (Å²) in [6.45, 7) is 6.35. The molecule has 3 rings (SSSR count). The maximum atomic E-state index is 13.3. The van der Waals surface area contributed by atoms with Crippen LogP contribution in [0.15, 0.2) is 64.2 Å². The van der Waals surface area contributed by atoms with Gasteiger partial charge < -0.3 is 10.5 Å². The van der Waals surface area contributed by atoms with Crippen LogP contribution in [0, 0.1) is 0 Å². The Kier molecular flexibility index (Phi) is 8.29. The van der Waals surface area contributed by atoms with Gasteiger partial charge in [-0.1, -0.05) is 69.7 Å². The summed E-state index contributed by atoms with van der Waals surface area (Å²) in [7, 11) is 0. The Balaban J connectivity index is 1.93. The second-order valence-corrected chi connectivity index (χ2v) is 8.48. The number of rotatable bonds is 10. The molecular formula is C26H32N4O4. The van der Waals surface area contributed by atoms with E-state index in [4.69, 9.17) is 10.5 Å². The van der Waals surface area contributed by atoms with Crippen molar-refractivity contribution in [3.8, 4) is 5.75 Å². The number of carbonyl (C=O) groups is 1. The third-order valence-electron chi connectivity index (χ3n) is 5.61. The molecule has 0 aliphatic carbocycles. The molecule has 0 aliphatic rings. The number of H-pyrrole nitrogens is 1. The van der Waals surface area contributed by atoms with Crippen molar-refractivity contribution in [3.63, 3.8) is 0 Å². The molecule has 180 valence electrons. The molecule has 3 N–H and O–H groups in total. The molecular weight excluding hydrogens is 432 g/mol. The fraction of sp³-hybridized carbons (Fsp3) is 0.346. The molecule has 1 aromatic heterocycles. The van der Waals surface area contributed by atoms with Crippen LogP contribution in [-0.2, 0) is 17.9 Å². The molecule has 0 spiro atoms. The zero-order chi connectivity index (χ0) is 24.7. The first kappa shape index (κ1) is 24.8. The van der Waals surface area contributed by atoms with Crippen molar-refractivity contribution in [3.05, 3.63) is 86.6 Å². The first-order valence-corrected chi connectivity index (χ1v) is 11.5. The van der Waals surface area contributed by atoms with Gasteiger partial charge in [-0.25, -0.2) is 4.79 Å². The van der Waals surface area contributed by atoms with Crippen LogP contribution >= 0.6 is 0 Å². The lowest BCUT2D eigenvalue weighted by Gasteiger charge is -2.25. The van der Waals surface area contributed by atoms with Gasteiger partial charge >= 0.3 is 5.69 Å². The monoisotopic (exact) mass is 464 g/mol. The summed E-state index contributed by atoms with van der Waals surface area (Å²) in [5.41, 5.74) is 6.90. The number of nitrogens with zero attached hydrogens (tertiary/aromatic N) is 2. The van der Waals surface area contributed by atoms with Crippen molar-refractivity contribution >= 4 is 17.4 Å². The van der Waals surface area contributed by atoms with Crippen LogP contribution in [0.4, 0.5) is 11.5 Å². The largest absolute Gasteiger partial charge is 0.484 e. The number of hydrogen-bond acceptors (Lipinski definition) is 5. The third kappa shape index (κ3) is 5.95. The Hall–Kier alpha value is -3.81. The molecule has 1 heterocycles. The summed E-state index contributed by atoms with van der Waals surface area (Å²) in [6.07, 6.45) is 1.55. The average Bonchev–Trinajstić information content (AvgIpc) is 2.82. The van der Waals surface area contributed by atoms with E-state index in [9.17, 15) is 14.4 Å². The number of nitrogens with two attached hydrogens (primary N) is 1. The topological polar surface area (TPSA) is 110 Å². The highest BCUT2D eigenvalue weighted by molar-refractivity contribution is 5.96. The van der Waals surface area contributed by atoms with E-state index >= 15 is 0 Å². The Morgan fingerprint density at radius 3 is 2.38 bits per heavy atom. The molecule has 0 atom stereocenters. The standard InChI is InChI=1S/C26H32N4O4/c1-4-5-15-29-24(27)23(25(32)28-26(29)33)30(16-19-9-7-6-8-10-19)22(31)17-34-21-13-11-20(12-14-21)18(2)3/h6-14,18H,4-5,15-17,27H2,1-3H3,(H,28,32,33). The van der Waals surface area contributed by atoms with Gasteiger partial charge in [-0.3, -0.25) is 24.0 Å². The van der Waals surface area contributed by atoms with Gasteiger partial charge in [0.1, 0.15) is 11.6 Å². The second-order valence-electron chi connectivity index (χ2n) is 8.48. The van der Waals surface area contributed by atoms with Crippen LogP contribution in [0.1, 0.15) is 50.7 Å². The molecule has 0 aliphatic heterocycles. The van der Waals surface area contributed by atoms with Crippen LogP contribution < -0.4 is 26.6 Å². The van der Waals surface area contributed by atoms with E-state index in [0.29, 0.717) is 24.6 Å². The number of benzene rings is 2. The Morgan fingerprint density at radius 2 is 1.76 bits per heavy atom. The summed E-state index contributed by atoms with van der Waals surface area (Å²) in [4.78, 5) is 42.1. The number of amides is 1. The number of anilines is 2. The van der Waals surface area contributed by atoms with E-state index in [2.05, 4.69) is 18.8 Å². The van der Waals surface area contributed by atoms with Crippen molar-refractivity contribution in [2.75, 3.05) is 17.2 Å². The van der Waals surface area contributed by atoms with Crippen LogP contribution in [0.5, 0.6) is 5.75 Å². The Morgan fingerprint density at radius 1 is 1.09 bits per heavy atom. The molecule has 0 bridgehead atoms. The lowest BCUT2D eigenvalue weighted by molar-refractivity contribution is -0.120. The molecule has 2 aromatic carbocycles. The minimum absolute atomic E-state index is 0.0345. The summed E-state index contributed by atoms with van der Waals surface area (Å²) < 4.78 is 7.03. The van der Waals surface area contributed by atoms with Crippen molar-refractivity contribution in [2.45, 2.75) is 52.6 Å². The summed E-state index contributed by atoms with van der Waals surface area (Å²) in [5.74, 6) is 0.449. The number of carbonyl (C=O) groups excluding carboxylic acids is 1. The maximum absolute atomic E-state index is 13.3. The van der Waals surface area contributed by atoms with Crippen LogP contribution in [0.2, 0.25) is 0 Å². The highest BCUT2D eigenvalue weighted by atomic mass is 16.5. The zero-order valence-electron chi connectivity index (χ0n) is 19.9. The Labute approximate surface area is 199 Å². The molecule has 8 nitrogen and oxygen atoms in total. The van der Waals surface area contributed by atoms with Gasteiger partial charge in [0, 0.05) is 6.54 Å². The average molecular weight is 465 g/mol. The third-order valence-corrected chi connectivity index (χ3v) is 5.61. The first-order valence-electron chi connectivity index (χ1n) is 11.5. The lowest BCUT2D eigenvalue weighted by Crippen LogP contribution is -2.42. The molecule has 1 amide bonds. The number of ether oxygens (including phenoxy) is 1. The zero-order valence-corrected chi connectivity index (χ0v) is 19.9. The van der Waals surface area contributed by atoms with Crippen molar-refractivity contribution in [2.24, 2.45) is 0 Å².